The van der Waals surface area contributed by atoms with Gasteiger partial charge >= 0.3 is 5.63 Å². The van der Waals surface area contributed by atoms with E-state index in [-0.39, 0.29) is 22.9 Å². The zero-order valence-corrected chi connectivity index (χ0v) is 12.8. The zero-order valence-electron chi connectivity index (χ0n) is 12.8. The number of hydrogen-bond acceptors (Lipinski definition) is 4. The van der Waals surface area contributed by atoms with Crippen LogP contribution in [0.4, 0.5) is 0 Å². The van der Waals surface area contributed by atoms with Gasteiger partial charge in [0.25, 0.3) is 5.91 Å². The molecule has 1 aromatic heterocycles. The summed E-state index contributed by atoms with van der Waals surface area (Å²) in [6.07, 6.45) is 4.03. The van der Waals surface area contributed by atoms with Gasteiger partial charge in [-0.15, -0.1) is 0 Å². The Balaban J connectivity index is 1.57. The van der Waals surface area contributed by atoms with Gasteiger partial charge in [-0.3, -0.25) is 4.79 Å². The monoisotopic (exact) mass is 313 g/mol. The van der Waals surface area contributed by atoms with Gasteiger partial charge in [0, 0.05) is 24.6 Å². The summed E-state index contributed by atoms with van der Waals surface area (Å²) in [7, 11) is 0. The second kappa shape index (κ2) is 5.49. The standard InChI is InChI=1S/C18H19NO4/c20-16(19-15-5-6-18(15)7-9-22-10-8-18)13-11-12-3-1-2-4-14(12)23-17(13)21/h1-4,11,15H,5-10H2,(H,19,20). The number of benzene rings is 1. The highest BCUT2D eigenvalue weighted by Crippen LogP contribution is 2.48. The van der Waals surface area contributed by atoms with Crippen molar-refractivity contribution in [2.45, 2.75) is 31.7 Å². The van der Waals surface area contributed by atoms with Crippen LogP contribution in [0.2, 0.25) is 0 Å². The fraction of sp³-hybridized carbons (Fsp3) is 0.444. The van der Waals surface area contributed by atoms with Crippen LogP contribution in [0.15, 0.2) is 39.5 Å². The average molecular weight is 313 g/mol. The highest BCUT2D eigenvalue weighted by atomic mass is 16.5. The predicted molar refractivity (Wildman–Crippen MR) is 85.5 cm³/mol. The molecular weight excluding hydrogens is 294 g/mol. The van der Waals surface area contributed by atoms with Crippen LogP contribution in [-0.2, 0) is 4.74 Å². The normalized spacial score (nSPS) is 22.7. The van der Waals surface area contributed by atoms with Crippen LogP contribution in [0.5, 0.6) is 0 Å². The van der Waals surface area contributed by atoms with Crippen LogP contribution in [0.25, 0.3) is 11.0 Å². The number of para-hydroxylation sites is 1. The lowest BCUT2D eigenvalue weighted by Crippen LogP contribution is -2.57. The summed E-state index contributed by atoms with van der Waals surface area (Å²) in [5.74, 6) is -0.333. The number of amides is 1. The van der Waals surface area contributed by atoms with E-state index in [0.717, 1.165) is 44.3 Å². The van der Waals surface area contributed by atoms with Crippen molar-refractivity contribution in [1.29, 1.82) is 0 Å². The molecule has 1 amide bonds. The van der Waals surface area contributed by atoms with Crippen LogP contribution in [0.3, 0.4) is 0 Å². The third-order valence-corrected chi connectivity index (χ3v) is 5.35. The smallest absolute Gasteiger partial charge is 0.349 e. The Hall–Kier alpha value is -2.14. The molecule has 1 N–H and O–H groups in total. The molecule has 1 spiro atoms. The molecule has 2 fully saturated rings. The summed E-state index contributed by atoms with van der Waals surface area (Å²) in [6.45, 7) is 1.51. The van der Waals surface area contributed by atoms with Crippen molar-refractivity contribution in [2.24, 2.45) is 5.41 Å². The van der Waals surface area contributed by atoms with E-state index >= 15 is 0 Å². The van der Waals surface area contributed by atoms with E-state index in [2.05, 4.69) is 5.32 Å². The predicted octanol–water partition coefficient (Wildman–Crippen LogP) is 2.48. The molecular formula is C18H19NO4. The molecule has 1 saturated heterocycles. The third kappa shape index (κ3) is 2.45. The lowest BCUT2D eigenvalue weighted by Gasteiger charge is -2.52. The molecule has 1 aromatic carbocycles. The summed E-state index contributed by atoms with van der Waals surface area (Å²) in [6, 6.07) is 8.96. The topological polar surface area (TPSA) is 68.5 Å². The molecule has 1 unspecified atom stereocenters. The number of hydrogen-bond donors (Lipinski definition) is 1. The molecule has 1 atom stereocenters. The highest BCUT2D eigenvalue weighted by molar-refractivity contribution is 5.96. The Kier molecular flexibility index (Phi) is 3.45. The molecule has 2 aliphatic rings. The van der Waals surface area contributed by atoms with Crippen LogP contribution in [-0.4, -0.2) is 25.2 Å². The SMILES string of the molecule is O=C(NC1CCC12CCOCC2)c1cc2ccccc2oc1=O. The van der Waals surface area contributed by atoms with E-state index in [9.17, 15) is 9.59 Å². The molecule has 0 radical (unpaired) electrons. The van der Waals surface area contributed by atoms with Gasteiger partial charge in [-0.25, -0.2) is 4.79 Å². The molecule has 2 heterocycles. The van der Waals surface area contributed by atoms with Gasteiger partial charge in [-0.05, 0) is 43.2 Å². The fourth-order valence-corrected chi connectivity index (χ4v) is 3.75. The maximum atomic E-state index is 12.5. The Morgan fingerprint density at radius 1 is 1.17 bits per heavy atom. The van der Waals surface area contributed by atoms with Gasteiger partial charge < -0.3 is 14.5 Å². The van der Waals surface area contributed by atoms with Gasteiger partial charge in [0.05, 0.1) is 0 Å². The van der Waals surface area contributed by atoms with Gasteiger partial charge in [0.2, 0.25) is 0 Å². The van der Waals surface area contributed by atoms with E-state index < -0.39 is 5.63 Å². The fourth-order valence-electron chi connectivity index (χ4n) is 3.75. The van der Waals surface area contributed by atoms with Gasteiger partial charge in [-0.1, -0.05) is 18.2 Å². The average Bonchev–Trinajstić information content (AvgIpc) is 2.58. The molecule has 0 bridgehead atoms. The number of ether oxygens (including phenoxy) is 1. The number of carbonyl (C=O) groups is 1. The summed E-state index contributed by atoms with van der Waals surface area (Å²) in [5, 5.41) is 3.80. The second-order valence-electron chi connectivity index (χ2n) is 6.52. The third-order valence-electron chi connectivity index (χ3n) is 5.35. The van der Waals surface area contributed by atoms with Crippen molar-refractivity contribution in [1.82, 2.24) is 5.32 Å². The van der Waals surface area contributed by atoms with E-state index in [0.29, 0.717) is 5.58 Å². The Morgan fingerprint density at radius 2 is 1.96 bits per heavy atom. The summed E-state index contributed by atoms with van der Waals surface area (Å²) in [5.41, 5.74) is 0.156. The van der Waals surface area contributed by atoms with Crippen molar-refractivity contribution >= 4 is 16.9 Å². The molecule has 2 aromatic rings. The van der Waals surface area contributed by atoms with Crippen molar-refractivity contribution < 1.29 is 13.9 Å². The minimum atomic E-state index is -0.582. The lowest BCUT2D eigenvalue weighted by atomic mass is 9.60. The van der Waals surface area contributed by atoms with Crippen molar-refractivity contribution in [3.8, 4) is 0 Å². The number of carbonyl (C=O) groups excluding carboxylic acids is 1. The van der Waals surface area contributed by atoms with Crippen LogP contribution >= 0.6 is 0 Å². The zero-order chi connectivity index (χ0) is 15.9. The minimum Gasteiger partial charge on any atom is -0.422 e. The van der Waals surface area contributed by atoms with E-state index in [1.54, 1.807) is 18.2 Å². The van der Waals surface area contributed by atoms with E-state index in [1.807, 2.05) is 12.1 Å². The molecule has 23 heavy (non-hydrogen) atoms. The van der Waals surface area contributed by atoms with Crippen molar-refractivity contribution in [3.63, 3.8) is 0 Å². The summed E-state index contributed by atoms with van der Waals surface area (Å²) in [4.78, 5) is 24.6. The molecule has 120 valence electrons. The molecule has 5 heteroatoms. The lowest BCUT2D eigenvalue weighted by molar-refractivity contribution is -0.0523. The van der Waals surface area contributed by atoms with Crippen LogP contribution in [0.1, 0.15) is 36.0 Å². The first-order valence-electron chi connectivity index (χ1n) is 8.09. The quantitative estimate of drug-likeness (QED) is 0.865. The van der Waals surface area contributed by atoms with Crippen LogP contribution < -0.4 is 10.9 Å². The number of rotatable bonds is 2. The van der Waals surface area contributed by atoms with Gasteiger partial charge in [0.15, 0.2) is 0 Å². The Labute approximate surface area is 133 Å². The van der Waals surface area contributed by atoms with Crippen molar-refractivity contribution in [2.75, 3.05) is 13.2 Å². The minimum absolute atomic E-state index is 0.0813. The van der Waals surface area contributed by atoms with E-state index in [4.69, 9.17) is 9.15 Å². The maximum absolute atomic E-state index is 12.5. The van der Waals surface area contributed by atoms with Crippen LogP contribution in [0, 0.1) is 5.41 Å². The second-order valence-corrected chi connectivity index (χ2v) is 6.52. The summed E-state index contributed by atoms with van der Waals surface area (Å²) >= 11 is 0. The Morgan fingerprint density at radius 3 is 2.70 bits per heavy atom. The summed E-state index contributed by atoms with van der Waals surface area (Å²) < 4.78 is 10.7. The number of nitrogens with one attached hydrogen (secondary N) is 1. The van der Waals surface area contributed by atoms with E-state index in [1.165, 1.54) is 0 Å². The molecule has 5 nitrogen and oxygen atoms in total. The Bertz CT molecular complexity index is 804. The molecule has 4 rings (SSSR count). The molecule has 1 aliphatic heterocycles. The highest BCUT2D eigenvalue weighted by Gasteiger charge is 2.48. The molecule has 1 saturated carbocycles. The van der Waals surface area contributed by atoms with Crippen molar-refractivity contribution in [3.05, 3.63) is 46.3 Å². The first-order chi connectivity index (χ1) is 11.2. The maximum Gasteiger partial charge on any atom is 0.349 e. The first kappa shape index (κ1) is 14.5. The van der Waals surface area contributed by atoms with Gasteiger partial charge in [0.1, 0.15) is 11.1 Å². The largest absolute Gasteiger partial charge is 0.422 e. The first-order valence-corrected chi connectivity index (χ1v) is 8.09. The van der Waals surface area contributed by atoms with Gasteiger partial charge in [-0.2, -0.15) is 0 Å². The molecule has 1 aliphatic carbocycles. The number of fused-ring (bicyclic) bond motifs is 1.